The Hall–Kier alpha value is -8.40. The monoisotopic (exact) mass is 876 g/mol. The van der Waals surface area contributed by atoms with E-state index in [2.05, 4.69) is 75.4 Å². The molecule has 2 aromatic carbocycles. The van der Waals surface area contributed by atoms with Crippen LogP contribution >= 0.6 is 0 Å². The molecule has 0 radical (unpaired) electrons. The van der Waals surface area contributed by atoms with E-state index in [1.54, 1.807) is 36.7 Å². The molecule has 6 aromatic heterocycles. The van der Waals surface area contributed by atoms with Gasteiger partial charge in [-0.25, -0.2) is 9.97 Å². The highest BCUT2D eigenvalue weighted by atomic mass is 16.2. The maximum absolute atomic E-state index is 13.3. The first-order valence-corrected chi connectivity index (χ1v) is 21.8. The zero-order valence-electron chi connectivity index (χ0n) is 36.0. The number of anilines is 6. The molecule has 6 heterocycles. The van der Waals surface area contributed by atoms with E-state index in [9.17, 15) is 19.2 Å². The molecule has 0 bridgehead atoms. The summed E-state index contributed by atoms with van der Waals surface area (Å²) in [4.78, 5) is 67.1. The normalized spacial score (nSPS) is 20.6. The molecule has 2 saturated carbocycles. The van der Waals surface area contributed by atoms with Crippen molar-refractivity contribution < 1.29 is 19.2 Å². The van der Waals surface area contributed by atoms with Crippen LogP contribution in [0.5, 0.6) is 0 Å². The highest BCUT2D eigenvalue weighted by Crippen LogP contribution is 2.61. The van der Waals surface area contributed by atoms with Crippen LogP contribution < -0.4 is 21.3 Å². The third kappa shape index (κ3) is 7.41. The summed E-state index contributed by atoms with van der Waals surface area (Å²) in [5.74, 6) is 0.738. The molecule has 8 aromatic rings. The molecule has 2 amide bonds. The highest BCUT2D eigenvalue weighted by molar-refractivity contribution is 6.12. The lowest BCUT2D eigenvalue weighted by molar-refractivity contribution is 0.0932. The second-order valence-electron chi connectivity index (χ2n) is 18.1. The number of amides is 2. The summed E-state index contributed by atoms with van der Waals surface area (Å²) in [6, 6.07) is 30.1. The third-order valence-electron chi connectivity index (χ3n) is 13.3. The number of carbonyl (C=O) groups excluding carboxylic acids is 4. The molecule has 0 saturated heterocycles. The fourth-order valence-electron chi connectivity index (χ4n) is 9.55. The standard InChI is InChI=1S/2C25H22N6O2/c2*1-25-12-16(25)23(32)20-18(13-25)29-21(22(20)28-15-5-3-2-4-6-15)14-7-9-26-19(11-14)30-24(33)17-8-10-27-31-17/h2*2-11,16,28-29H,12-13H2,1H3,(H,27,31)(H,26,30,33)/t2*16-,25+/m10/s1. The first-order valence-electron chi connectivity index (χ1n) is 21.8. The van der Waals surface area contributed by atoms with Gasteiger partial charge in [-0.05, 0) is 97.2 Å². The van der Waals surface area contributed by atoms with Gasteiger partial charge in [0, 0.05) is 70.5 Å². The van der Waals surface area contributed by atoms with E-state index in [0.29, 0.717) is 23.0 Å². The molecule has 0 spiro atoms. The Morgan fingerprint density at radius 1 is 0.576 bits per heavy atom. The van der Waals surface area contributed by atoms with Crippen molar-refractivity contribution in [3.63, 3.8) is 0 Å². The van der Waals surface area contributed by atoms with Gasteiger partial charge in [-0.15, -0.1) is 0 Å². The number of hydrogen-bond donors (Lipinski definition) is 8. The number of fused-ring (bicyclic) bond motifs is 4. The zero-order chi connectivity index (χ0) is 45.2. The number of hydrogen-bond acceptors (Lipinski definition) is 10. The molecule has 16 nitrogen and oxygen atoms in total. The predicted octanol–water partition coefficient (Wildman–Crippen LogP) is 9.12. The summed E-state index contributed by atoms with van der Waals surface area (Å²) < 4.78 is 0. The molecule has 2 fully saturated rings. The number of aromatic nitrogens is 8. The molecule has 4 aliphatic rings. The van der Waals surface area contributed by atoms with E-state index in [-0.39, 0.29) is 46.0 Å². The number of carbonyl (C=O) groups is 4. The smallest absolute Gasteiger partial charge is 0.274 e. The Kier molecular flexibility index (Phi) is 9.60. The second-order valence-corrected chi connectivity index (χ2v) is 18.1. The largest absolute Gasteiger partial charge is 0.356 e. The quantitative estimate of drug-likeness (QED) is 0.0649. The highest BCUT2D eigenvalue weighted by Gasteiger charge is 2.59. The van der Waals surface area contributed by atoms with Crippen LogP contribution in [0.15, 0.2) is 122 Å². The Morgan fingerprint density at radius 2 is 1.00 bits per heavy atom. The lowest BCUT2D eigenvalue weighted by Gasteiger charge is -2.18. The summed E-state index contributed by atoms with van der Waals surface area (Å²) >= 11 is 0. The van der Waals surface area contributed by atoms with Gasteiger partial charge in [-0.1, -0.05) is 50.2 Å². The maximum Gasteiger partial charge on any atom is 0.274 e. The number of Topliss-reactive ketones (excluding diaryl/α,β-unsaturated/α-hetero) is 2. The van der Waals surface area contributed by atoms with Gasteiger partial charge in [0.15, 0.2) is 11.6 Å². The van der Waals surface area contributed by atoms with Gasteiger partial charge in [-0.3, -0.25) is 29.4 Å². The molecule has 0 aliphatic heterocycles. The number of H-pyrrole nitrogens is 4. The Bertz CT molecular complexity index is 2960. The first-order chi connectivity index (χ1) is 32.0. The van der Waals surface area contributed by atoms with Gasteiger partial charge in [0.25, 0.3) is 11.8 Å². The Balaban J connectivity index is 0.000000146. The molecular weight excluding hydrogens is 833 g/mol. The predicted molar refractivity (Wildman–Crippen MR) is 249 cm³/mol. The van der Waals surface area contributed by atoms with Crippen molar-refractivity contribution in [3.05, 3.63) is 156 Å². The van der Waals surface area contributed by atoms with E-state index in [0.717, 1.165) is 93.5 Å². The summed E-state index contributed by atoms with van der Waals surface area (Å²) in [6.07, 6.45) is 9.89. The minimum atomic E-state index is -0.325. The van der Waals surface area contributed by atoms with Crippen molar-refractivity contribution in [2.75, 3.05) is 21.3 Å². The number of pyridine rings is 2. The van der Waals surface area contributed by atoms with Gasteiger partial charge in [-0.2, -0.15) is 10.2 Å². The average Bonchev–Trinajstić information content (AvgIpc) is 3.73. The van der Waals surface area contributed by atoms with E-state index >= 15 is 0 Å². The number of aromatic amines is 4. The molecule has 4 atom stereocenters. The van der Waals surface area contributed by atoms with Crippen LogP contribution in [0.25, 0.3) is 22.5 Å². The number of rotatable bonds is 10. The molecule has 16 heteroatoms. The fourth-order valence-corrected chi connectivity index (χ4v) is 9.55. The van der Waals surface area contributed by atoms with Crippen molar-refractivity contribution in [1.82, 2.24) is 40.3 Å². The van der Waals surface area contributed by atoms with Gasteiger partial charge in [0.2, 0.25) is 0 Å². The van der Waals surface area contributed by atoms with Crippen LogP contribution in [0.3, 0.4) is 0 Å². The lowest BCUT2D eigenvalue weighted by Crippen LogP contribution is -2.19. The van der Waals surface area contributed by atoms with E-state index < -0.39 is 0 Å². The van der Waals surface area contributed by atoms with Crippen molar-refractivity contribution in [2.24, 2.45) is 22.7 Å². The van der Waals surface area contributed by atoms with Crippen molar-refractivity contribution in [3.8, 4) is 22.5 Å². The van der Waals surface area contributed by atoms with E-state index in [4.69, 9.17) is 0 Å². The van der Waals surface area contributed by atoms with Gasteiger partial charge in [0.05, 0.1) is 33.9 Å². The third-order valence-corrected chi connectivity index (χ3v) is 13.3. The molecule has 66 heavy (non-hydrogen) atoms. The zero-order valence-corrected chi connectivity index (χ0v) is 36.0. The summed E-state index contributed by atoms with van der Waals surface area (Å²) in [5, 5.41) is 25.4. The Labute approximate surface area is 377 Å². The number of para-hydroxylation sites is 2. The summed E-state index contributed by atoms with van der Waals surface area (Å²) in [6.45, 7) is 4.36. The van der Waals surface area contributed by atoms with Crippen molar-refractivity contribution >= 4 is 57.8 Å². The number of nitrogens with one attached hydrogen (secondary N) is 8. The molecule has 4 aliphatic carbocycles. The number of ketones is 2. The van der Waals surface area contributed by atoms with Gasteiger partial charge < -0.3 is 31.2 Å². The van der Waals surface area contributed by atoms with Crippen LogP contribution in [0.2, 0.25) is 0 Å². The van der Waals surface area contributed by atoms with Crippen LogP contribution in [0.1, 0.15) is 79.8 Å². The molecular formula is C50H44N12O4. The van der Waals surface area contributed by atoms with E-state index in [1.807, 2.05) is 72.8 Å². The summed E-state index contributed by atoms with van der Waals surface area (Å²) in [7, 11) is 0. The number of benzene rings is 2. The van der Waals surface area contributed by atoms with Gasteiger partial charge >= 0.3 is 0 Å². The van der Waals surface area contributed by atoms with Gasteiger partial charge in [0.1, 0.15) is 23.0 Å². The van der Waals surface area contributed by atoms with Crippen LogP contribution in [0.4, 0.5) is 34.4 Å². The minimum absolute atomic E-state index is 0.0533. The fraction of sp³-hybridized carbons (Fsp3) is 0.200. The first kappa shape index (κ1) is 40.4. The Morgan fingerprint density at radius 3 is 1.39 bits per heavy atom. The van der Waals surface area contributed by atoms with Crippen LogP contribution in [0, 0.1) is 22.7 Å². The lowest BCUT2D eigenvalue weighted by atomic mass is 9.87. The number of nitrogens with zero attached hydrogens (tertiary/aromatic N) is 4. The molecule has 0 unspecified atom stereocenters. The topological polar surface area (TPSA) is 231 Å². The molecule has 328 valence electrons. The second kappa shape index (κ2) is 15.7. The average molecular weight is 877 g/mol. The summed E-state index contributed by atoms with van der Waals surface area (Å²) in [5.41, 5.74) is 10.8. The maximum atomic E-state index is 13.3. The molecule has 12 rings (SSSR count). The van der Waals surface area contributed by atoms with Crippen LogP contribution in [-0.4, -0.2) is 63.7 Å². The van der Waals surface area contributed by atoms with Crippen LogP contribution in [-0.2, 0) is 12.8 Å². The SMILES string of the molecule is C[C@@]12Cc3[nH]c(-c4ccnc(NC(=O)c5ccn[nH]5)c4)c(Nc4ccccc4)c3C(=O)[C@@H]1C2.C[C@]12Cc3[nH]c(-c4ccnc(NC(=O)c5ccn[nH]5)c4)c(Nc4ccccc4)c3C(=O)[C@H]1C2. The molecule has 8 N–H and O–H groups in total. The minimum Gasteiger partial charge on any atom is -0.356 e. The van der Waals surface area contributed by atoms with E-state index in [1.165, 1.54) is 12.4 Å². The van der Waals surface area contributed by atoms with Crippen molar-refractivity contribution in [2.45, 2.75) is 39.5 Å². The van der Waals surface area contributed by atoms with Crippen molar-refractivity contribution in [1.29, 1.82) is 0 Å².